The second-order valence-electron chi connectivity index (χ2n) is 9.23. The molecule has 1 aliphatic heterocycles. The number of hydrogen-bond acceptors (Lipinski definition) is 5. The third-order valence-electron chi connectivity index (χ3n) is 6.65. The number of hydrogen-bond donors (Lipinski definition) is 0. The Morgan fingerprint density at radius 3 is 2.06 bits per heavy atom. The molecule has 0 spiro atoms. The van der Waals surface area contributed by atoms with Crippen LogP contribution in [-0.4, -0.2) is 41.4 Å². The van der Waals surface area contributed by atoms with Crippen LogP contribution in [0, 0.1) is 20.8 Å². The van der Waals surface area contributed by atoms with Crippen LogP contribution in [-0.2, 0) is 6.18 Å². The number of piperazine rings is 1. The van der Waals surface area contributed by atoms with E-state index in [1.165, 1.54) is 18.7 Å². The summed E-state index contributed by atoms with van der Waals surface area (Å²) in [4.78, 5) is 8.29. The van der Waals surface area contributed by atoms with Crippen LogP contribution in [0.15, 0.2) is 36.5 Å². The molecule has 3 heterocycles. The van der Waals surface area contributed by atoms with E-state index in [0.29, 0.717) is 37.9 Å². The van der Waals surface area contributed by atoms with Crippen molar-refractivity contribution < 1.29 is 13.2 Å². The minimum Gasteiger partial charge on any atom is -0.353 e. The Bertz CT molecular complexity index is 1160. The fraction of sp³-hybridized carbons (Fsp3) is 0.423. The molecule has 0 atom stereocenters. The summed E-state index contributed by atoms with van der Waals surface area (Å²) in [6.45, 7) is 12.3. The predicted octanol–water partition coefficient (Wildman–Crippen LogP) is 5.93. The first-order valence-corrected chi connectivity index (χ1v) is 11.5. The van der Waals surface area contributed by atoms with E-state index >= 15 is 0 Å². The van der Waals surface area contributed by atoms with Gasteiger partial charge in [0.1, 0.15) is 5.82 Å². The molecule has 180 valence electrons. The van der Waals surface area contributed by atoms with Crippen LogP contribution in [0.5, 0.6) is 0 Å². The summed E-state index contributed by atoms with van der Waals surface area (Å²) in [5.41, 5.74) is 4.85. The summed E-state index contributed by atoms with van der Waals surface area (Å²) in [6, 6.07) is 9.60. The second-order valence-corrected chi connectivity index (χ2v) is 9.23. The number of pyridine rings is 1. The highest BCUT2D eigenvalue weighted by molar-refractivity contribution is 5.67. The molecule has 1 aliphatic rings. The van der Waals surface area contributed by atoms with Crippen molar-refractivity contribution in [1.82, 2.24) is 15.2 Å². The molecule has 0 amide bonds. The summed E-state index contributed by atoms with van der Waals surface area (Å²) in [6.07, 6.45) is -3.08. The predicted molar refractivity (Wildman–Crippen MR) is 129 cm³/mol. The van der Waals surface area contributed by atoms with Gasteiger partial charge in [-0.05, 0) is 55.0 Å². The largest absolute Gasteiger partial charge is 0.416 e. The smallest absolute Gasteiger partial charge is 0.353 e. The lowest BCUT2D eigenvalue weighted by molar-refractivity contribution is -0.138. The molecule has 34 heavy (non-hydrogen) atoms. The molecule has 1 aromatic carbocycles. The zero-order chi connectivity index (χ0) is 24.6. The lowest BCUT2D eigenvalue weighted by Crippen LogP contribution is -2.47. The molecule has 2 aromatic heterocycles. The van der Waals surface area contributed by atoms with Crippen molar-refractivity contribution in [3.05, 3.63) is 64.3 Å². The lowest BCUT2D eigenvalue weighted by Gasteiger charge is -2.37. The van der Waals surface area contributed by atoms with Crippen LogP contribution >= 0.6 is 0 Å². The van der Waals surface area contributed by atoms with Crippen molar-refractivity contribution in [2.24, 2.45) is 0 Å². The Morgan fingerprint density at radius 2 is 1.47 bits per heavy atom. The number of benzene rings is 1. The molecule has 0 bridgehead atoms. The number of aryl methyl sites for hydroxylation is 1. The lowest BCUT2D eigenvalue weighted by atomic mass is 9.98. The fourth-order valence-electron chi connectivity index (χ4n) is 4.33. The van der Waals surface area contributed by atoms with Crippen LogP contribution in [0.3, 0.4) is 0 Å². The Morgan fingerprint density at radius 1 is 0.853 bits per heavy atom. The van der Waals surface area contributed by atoms with Gasteiger partial charge in [-0.15, -0.1) is 10.2 Å². The third-order valence-corrected chi connectivity index (χ3v) is 6.65. The average Bonchev–Trinajstić information content (AvgIpc) is 2.81. The topological polar surface area (TPSA) is 45.2 Å². The Kier molecular flexibility index (Phi) is 6.51. The number of nitrogens with zero attached hydrogens (tertiary/aromatic N) is 5. The van der Waals surface area contributed by atoms with E-state index in [1.807, 2.05) is 4.90 Å². The number of alkyl halides is 3. The average molecular weight is 470 g/mol. The van der Waals surface area contributed by atoms with Crippen LogP contribution in [0.25, 0.3) is 11.3 Å². The van der Waals surface area contributed by atoms with Gasteiger partial charge in [0.15, 0.2) is 5.82 Å². The molecule has 0 N–H and O–H groups in total. The minimum atomic E-state index is -4.38. The Labute approximate surface area is 198 Å². The van der Waals surface area contributed by atoms with Crippen molar-refractivity contribution in [2.75, 3.05) is 36.0 Å². The molecular formula is C26H30F3N5. The zero-order valence-corrected chi connectivity index (χ0v) is 20.2. The van der Waals surface area contributed by atoms with Gasteiger partial charge in [-0.25, -0.2) is 4.98 Å². The number of aromatic nitrogens is 3. The van der Waals surface area contributed by atoms with Gasteiger partial charge < -0.3 is 9.80 Å². The molecule has 8 heteroatoms. The number of halogens is 3. The standard InChI is InChI=1S/C26H30F3N5/c1-16(2)20-6-8-21(9-7-20)24-18(4)19(5)25(32-31-24)34-12-10-33(11-13-34)23-14-22(26(27,28)29)17(3)15-30-23/h6-9,14-16H,10-13H2,1-5H3. The van der Waals surface area contributed by atoms with E-state index in [0.717, 1.165) is 34.3 Å². The van der Waals surface area contributed by atoms with Gasteiger partial charge in [-0.2, -0.15) is 13.2 Å². The van der Waals surface area contributed by atoms with E-state index in [1.54, 1.807) is 0 Å². The molecule has 4 rings (SSSR count). The maximum absolute atomic E-state index is 13.3. The monoisotopic (exact) mass is 469 g/mol. The summed E-state index contributed by atoms with van der Waals surface area (Å²) in [5, 5.41) is 9.09. The quantitative estimate of drug-likeness (QED) is 0.474. The molecular weight excluding hydrogens is 439 g/mol. The van der Waals surface area contributed by atoms with Crippen molar-refractivity contribution in [3.63, 3.8) is 0 Å². The van der Waals surface area contributed by atoms with E-state index in [-0.39, 0.29) is 5.56 Å². The minimum absolute atomic E-state index is 0.134. The van der Waals surface area contributed by atoms with Gasteiger partial charge in [0.25, 0.3) is 0 Å². The molecule has 0 saturated carbocycles. The first-order valence-electron chi connectivity index (χ1n) is 11.5. The SMILES string of the molecule is Cc1cnc(N2CCN(c3nnc(-c4ccc(C(C)C)cc4)c(C)c3C)CC2)cc1C(F)(F)F. The van der Waals surface area contributed by atoms with E-state index in [9.17, 15) is 13.2 Å². The molecule has 0 aliphatic carbocycles. The van der Waals surface area contributed by atoms with Gasteiger partial charge in [-0.3, -0.25) is 0 Å². The van der Waals surface area contributed by atoms with Crippen LogP contribution in [0.4, 0.5) is 24.8 Å². The van der Waals surface area contributed by atoms with Gasteiger partial charge in [0, 0.05) is 37.9 Å². The Hall–Kier alpha value is -3.16. The molecule has 3 aromatic rings. The van der Waals surface area contributed by atoms with Gasteiger partial charge in [-0.1, -0.05) is 38.1 Å². The van der Waals surface area contributed by atoms with Gasteiger partial charge >= 0.3 is 6.18 Å². The summed E-state index contributed by atoms with van der Waals surface area (Å²) >= 11 is 0. The third kappa shape index (κ3) is 4.72. The van der Waals surface area contributed by atoms with Crippen LogP contribution in [0.1, 0.15) is 47.6 Å². The van der Waals surface area contributed by atoms with E-state index in [2.05, 4.69) is 72.0 Å². The van der Waals surface area contributed by atoms with Crippen LogP contribution in [0.2, 0.25) is 0 Å². The normalized spacial score (nSPS) is 14.7. The summed E-state index contributed by atoms with van der Waals surface area (Å²) in [7, 11) is 0. The fourth-order valence-corrected chi connectivity index (χ4v) is 4.33. The van der Waals surface area contributed by atoms with Crippen molar-refractivity contribution >= 4 is 11.6 Å². The highest BCUT2D eigenvalue weighted by Gasteiger charge is 2.33. The zero-order valence-electron chi connectivity index (χ0n) is 20.2. The van der Waals surface area contributed by atoms with E-state index < -0.39 is 11.7 Å². The first-order chi connectivity index (χ1) is 16.1. The maximum Gasteiger partial charge on any atom is 0.416 e. The van der Waals surface area contributed by atoms with Crippen molar-refractivity contribution in [2.45, 2.75) is 46.7 Å². The second kappa shape index (κ2) is 9.24. The van der Waals surface area contributed by atoms with Gasteiger partial charge in [0.2, 0.25) is 0 Å². The number of anilines is 2. The highest BCUT2D eigenvalue weighted by atomic mass is 19.4. The molecule has 1 fully saturated rings. The first kappa shape index (κ1) is 24.0. The van der Waals surface area contributed by atoms with Crippen molar-refractivity contribution in [1.29, 1.82) is 0 Å². The molecule has 0 radical (unpaired) electrons. The molecule has 0 unspecified atom stereocenters. The highest BCUT2D eigenvalue weighted by Crippen LogP contribution is 2.34. The summed E-state index contributed by atoms with van der Waals surface area (Å²) < 4.78 is 39.9. The van der Waals surface area contributed by atoms with Crippen LogP contribution < -0.4 is 9.80 Å². The molecule has 5 nitrogen and oxygen atoms in total. The van der Waals surface area contributed by atoms with Crippen molar-refractivity contribution in [3.8, 4) is 11.3 Å². The van der Waals surface area contributed by atoms with E-state index in [4.69, 9.17) is 0 Å². The molecule has 1 saturated heterocycles. The van der Waals surface area contributed by atoms with Gasteiger partial charge in [0.05, 0.1) is 11.3 Å². The number of rotatable bonds is 4. The Balaban J connectivity index is 1.50. The maximum atomic E-state index is 13.3. The summed E-state index contributed by atoms with van der Waals surface area (Å²) in [5.74, 6) is 1.66.